The van der Waals surface area contributed by atoms with E-state index in [1.54, 1.807) is 0 Å². The summed E-state index contributed by atoms with van der Waals surface area (Å²) >= 11 is 0. The number of carbonyl (C=O) groups excluding carboxylic acids is 1. The maximum Gasteiger partial charge on any atom is 0.126 e. The molecule has 76 valence electrons. The first kappa shape index (κ1) is 10.7. The Morgan fingerprint density at radius 1 is 1.38 bits per heavy atom. The fourth-order valence-corrected chi connectivity index (χ4v) is 2.58. The van der Waals surface area contributed by atoms with Crippen molar-refractivity contribution in [2.24, 2.45) is 5.41 Å². The summed E-state index contributed by atoms with van der Waals surface area (Å²) in [5.74, 6) is 0. The van der Waals surface area contributed by atoms with Gasteiger partial charge in [0.1, 0.15) is 6.29 Å². The molecule has 0 radical (unpaired) electrons. The third-order valence-corrected chi connectivity index (χ3v) is 2.85. The van der Waals surface area contributed by atoms with Crippen LogP contribution in [0.3, 0.4) is 0 Å². The van der Waals surface area contributed by atoms with Gasteiger partial charge >= 0.3 is 0 Å². The van der Waals surface area contributed by atoms with E-state index in [0.717, 1.165) is 32.0 Å². The number of hydrogen-bond donors (Lipinski definition) is 0. The minimum atomic E-state index is -0.0914. The first-order chi connectivity index (χ1) is 6.12. The molecule has 0 spiro atoms. The van der Waals surface area contributed by atoms with Crippen LogP contribution in [0, 0.1) is 5.41 Å². The van der Waals surface area contributed by atoms with Gasteiger partial charge in [-0.1, -0.05) is 13.3 Å². The quantitative estimate of drug-likeness (QED) is 0.630. The van der Waals surface area contributed by atoms with Gasteiger partial charge in [-0.3, -0.25) is 0 Å². The summed E-state index contributed by atoms with van der Waals surface area (Å²) in [7, 11) is 0. The summed E-state index contributed by atoms with van der Waals surface area (Å²) in [6.45, 7) is 6.25. The normalized spacial score (nSPS) is 40.2. The van der Waals surface area contributed by atoms with E-state index in [-0.39, 0.29) is 17.6 Å². The van der Waals surface area contributed by atoms with Gasteiger partial charge in [0.2, 0.25) is 0 Å². The predicted molar refractivity (Wildman–Crippen MR) is 52.6 cm³/mol. The molecule has 1 fully saturated rings. The Kier molecular flexibility index (Phi) is 3.48. The molecule has 0 aromatic heterocycles. The van der Waals surface area contributed by atoms with Gasteiger partial charge in [0.25, 0.3) is 0 Å². The van der Waals surface area contributed by atoms with Crippen molar-refractivity contribution in [2.45, 2.75) is 58.7 Å². The monoisotopic (exact) mass is 184 g/mol. The van der Waals surface area contributed by atoms with E-state index in [4.69, 9.17) is 4.74 Å². The lowest BCUT2D eigenvalue weighted by molar-refractivity contribution is -0.133. The fourth-order valence-electron chi connectivity index (χ4n) is 2.58. The zero-order valence-electron chi connectivity index (χ0n) is 8.88. The van der Waals surface area contributed by atoms with Crippen LogP contribution in [0.15, 0.2) is 0 Å². The van der Waals surface area contributed by atoms with Crippen molar-refractivity contribution in [3.05, 3.63) is 0 Å². The molecular formula is C11H20O2. The summed E-state index contributed by atoms with van der Waals surface area (Å²) in [5, 5.41) is 0. The summed E-state index contributed by atoms with van der Waals surface area (Å²) in [6, 6.07) is 0. The van der Waals surface area contributed by atoms with Crippen LogP contribution in [-0.2, 0) is 9.53 Å². The van der Waals surface area contributed by atoms with Crippen molar-refractivity contribution in [1.82, 2.24) is 0 Å². The number of aldehydes is 1. The molecule has 0 bridgehead atoms. The molecule has 1 aliphatic heterocycles. The summed E-state index contributed by atoms with van der Waals surface area (Å²) in [6.07, 6.45) is 5.52. The molecule has 2 nitrogen and oxygen atoms in total. The lowest BCUT2D eigenvalue weighted by Crippen LogP contribution is -2.39. The predicted octanol–water partition coefficient (Wildman–Crippen LogP) is 2.56. The third kappa shape index (κ3) is 2.53. The Bertz CT molecular complexity index is 167. The number of rotatable bonds is 3. The van der Waals surface area contributed by atoms with Gasteiger partial charge in [0.05, 0.1) is 12.2 Å². The summed E-state index contributed by atoms with van der Waals surface area (Å²) < 4.78 is 5.63. The van der Waals surface area contributed by atoms with Crippen molar-refractivity contribution in [2.75, 3.05) is 0 Å². The maximum atomic E-state index is 11.1. The standard InChI is InChI=1S/C11H20O2/c1-4-5-11(8-12)6-9(2)13-10(3)7-11/h8-10H,4-7H2,1-3H3. The van der Waals surface area contributed by atoms with Crippen LogP contribution in [0.4, 0.5) is 0 Å². The molecule has 2 atom stereocenters. The second-order valence-electron chi connectivity index (χ2n) is 4.40. The van der Waals surface area contributed by atoms with Crippen LogP contribution < -0.4 is 0 Å². The molecule has 0 amide bonds. The fraction of sp³-hybridized carbons (Fsp3) is 0.909. The molecule has 0 aromatic carbocycles. The van der Waals surface area contributed by atoms with E-state index < -0.39 is 0 Å². The minimum absolute atomic E-state index is 0.0914. The molecule has 1 heterocycles. The zero-order valence-corrected chi connectivity index (χ0v) is 8.88. The Labute approximate surface area is 80.7 Å². The van der Waals surface area contributed by atoms with E-state index >= 15 is 0 Å². The van der Waals surface area contributed by atoms with Gasteiger partial charge in [-0.05, 0) is 33.1 Å². The van der Waals surface area contributed by atoms with E-state index in [1.807, 2.05) is 0 Å². The molecular weight excluding hydrogens is 164 g/mol. The first-order valence-corrected chi connectivity index (χ1v) is 5.23. The van der Waals surface area contributed by atoms with Crippen molar-refractivity contribution in [1.29, 1.82) is 0 Å². The number of ether oxygens (including phenoxy) is 1. The third-order valence-electron chi connectivity index (χ3n) is 2.85. The molecule has 1 rings (SSSR count). The van der Waals surface area contributed by atoms with Crippen LogP contribution >= 0.6 is 0 Å². The minimum Gasteiger partial charge on any atom is -0.375 e. The van der Waals surface area contributed by atoms with E-state index in [2.05, 4.69) is 20.8 Å². The SMILES string of the molecule is CCCC1(C=O)CC(C)OC(C)C1. The molecule has 0 saturated carbocycles. The van der Waals surface area contributed by atoms with Crippen LogP contribution in [0.5, 0.6) is 0 Å². The molecule has 1 saturated heterocycles. The number of hydrogen-bond acceptors (Lipinski definition) is 2. The highest BCUT2D eigenvalue weighted by molar-refractivity contribution is 5.59. The highest BCUT2D eigenvalue weighted by Crippen LogP contribution is 2.38. The van der Waals surface area contributed by atoms with E-state index in [9.17, 15) is 4.79 Å². The Morgan fingerprint density at radius 2 is 1.92 bits per heavy atom. The first-order valence-electron chi connectivity index (χ1n) is 5.23. The zero-order chi connectivity index (χ0) is 9.90. The lowest BCUT2D eigenvalue weighted by atomic mass is 9.74. The van der Waals surface area contributed by atoms with Crippen molar-refractivity contribution < 1.29 is 9.53 Å². The van der Waals surface area contributed by atoms with Crippen molar-refractivity contribution >= 4 is 6.29 Å². The van der Waals surface area contributed by atoms with Crippen molar-refractivity contribution in [3.63, 3.8) is 0 Å². The molecule has 1 aliphatic rings. The Morgan fingerprint density at radius 3 is 2.31 bits per heavy atom. The van der Waals surface area contributed by atoms with E-state index in [0.29, 0.717) is 0 Å². The summed E-state index contributed by atoms with van der Waals surface area (Å²) in [4.78, 5) is 11.1. The van der Waals surface area contributed by atoms with Gasteiger partial charge in [0.15, 0.2) is 0 Å². The molecule has 13 heavy (non-hydrogen) atoms. The largest absolute Gasteiger partial charge is 0.375 e. The van der Waals surface area contributed by atoms with Crippen LogP contribution in [-0.4, -0.2) is 18.5 Å². The van der Waals surface area contributed by atoms with Gasteiger partial charge < -0.3 is 9.53 Å². The number of carbonyl (C=O) groups is 1. The van der Waals surface area contributed by atoms with Gasteiger partial charge in [-0.25, -0.2) is 0 Å². The van der Waals surface area contributed by atoms with Crippen LogP contribution in [0.2, 0.25) is 0 Å². The van der Waals surface area contributed by atoms with E-state index in [1.165, 1.54) is 0 Å². The molecule has 0 aromatic rings. The highest BCUT2D eigenvalue weighted by atomic mass is 16.5. The molecule has 2 heteroatoms. The Balaban J connectivity index is 2.67. The summed E-state index contributed by atoms with van der Waals surface area (Å²) in [5.41, 5.74) is -0.0914. The maximum absolute atomic E-state index is 11.1. The topological polar surface area (TPSA) is 26.3 Å². The second kappa shape index (κ2) is 4.23. The van der Waals surface area contributed by atoms with Crippen LogP contribution in [0.25, 0.3) is 0 Å². The van der Waals surface area contributed by atoms with Crippen LogP contribution in [0.1, 0.15) is 46.5 Å². The van der Waals surface area contributed by atoms with Gasteiger partial charge in [-0.15, -0.1) is 0 Å². The highest BCUT2D eigenvalue weighted by Gasteiger charge is 2.37. The van der Waals surface area contributed by atoms with Gasteiger partial charge in [-0.2, -0.15) is 0 Å². The van der Waals surface area contributed by atoms with Gasteiger partial charge in [0, 0.05) is 5.41 Å². The smallest absolute Gasteiger partial charge is 0.126 e. The molecule has 2 unspecified atom stereocenters. The average Bonchev–Trinajstić information content (AvgIpc) is 2.03. The van der Waals surface area contributed by atoms with Crippen molar-refractivity contribution in [3.8, 4) is 0 Å². The molecule has 0 aliphatic carbocycles. The Hall–Kier alpha value is -0.370. The second-order valence-corrected chi connectivity index (χ2v) is 4.40. The average molecular weight is 184 g/mol. The lowest BCUT2D eigenvalue weighted by Gasteiger charge is -2.39. The molecule has 0 N–H and O–H groups in total.